The number of fused-ring (bicyclic) bond motifs is 1. The summed E-state index contributed by atoms with van der Waals surface area (Å²) in [4.78, 5) is 26.5. The molecule has 0 N–H and O–H groups in total. The van der Waals surface area contributed by atoms with Crippen LogP contribution < -0.4 is 4.74 Å². The Labute approximate surface area is 199 Å². The Kier molecular flexibility index (Phi) is 6.71. The smallest absolute Gasteiger partial charge is 0.163 e. The van der Waals surface area contributed by atoms with Crippen molar-refractivity contribution in [3.63, 3.8) is 0 Å². The first-order valence-electron chi connectivity index (χ1n) is 11.6. The van der Waals surface area contributed by atoms with Crippen molar-refractivity contribution in [3.8, 4) is 5.75 Å². The first kappa shape index (κ1) is 23.0. The fraction of sp³-hybridized carbons (Fsp3) is 0.429. The molecule has 0 radical (unpaired) electrons. The lowest BCUT2D eigenvalue weighted by Crippen LogP contribution is -2.33. The van der Waals surface area contributed by atoms with Crippen molar-refractivity contribution in [1.29, 1.82) is 0 Å². The molecule has 0 saturated carbocycles. The molecule has 0 bridgehead atoms. The molecule has 1 aliphatic heterocycles. The van der Waals surface area contributed by atoms with Crippen LogP contribution in [0.3, 0.4) is 0 Å². The molecule has 3 nitrogen and oxygen atoms in total. The first-order chi connectivity index (χ1) is 15.3. The predicted octanol–water partition coefficient (Wildman–Crippen LogP) is 7.57. The summed E-state index contributed by atoms with van der Waals surface area (Å²) in [5.74, 6) is 1.39. The van der Waals surface area contributed by atoms with E-state index in [0.29, 0.717) is 24.0 Å². The van der Waals surface area contributed by atoms with Crippen LogP contribution in [0.1, 0.15) is 86.7 Å². The van der Waals surface area contributed by atoms with Crippen LogP contribution in [0, 0.1) is 5.41 Å². The minimum Gasteiger partial charge on any atom is -0.461 e. The van der Waals surface area contributed by atoms with Crippen molar-refractivity contribution in [1.82, 2.24) is 0 Å². The number of hydrogen-bond acceptors (Lipinski definition) is 3. The number of carbonyl (C=O) groups is 2. The Balaban J connectivity index is 1.62. The third kappa shape index (κ3) is 4.91. The highest BCUT2D eigenvalue weighted by Crippen LogP contribution is 2.49. The number of Topliss-reactive ketones (excluding diaryl/α,β-unsaturated/α-hetero) is 2. The van der Waals surface area contributed by atoms with E-state index in [2.05, 4.69) is 48.8 Å². The third-order valence-electron chi connectivity index (χ3n) is 6.54. The number of unbranched alkanes of at least 4 members (excludes halogenated alkanes) is 2. The minimum absolute atomic E-state index is 0.0624. The molecule has 0 spiro atoms. The molecular formula is C28H31BrO3. The fourth-order valence-electron chi connectivity index (χ4n) is 4.88. The zero-order valence-corrected chi connectivity index (χ0v) is 20.8. The van der Waals surface area contributed by atoms with Crippen molar-refractivity contribution in [2.45, 2.75) is 71.6 Å². The quantitative estimate of drug-likeness (QED) is 0.294. The van der Waals surface area contributed by atoms with Crippen molar-refractivity contribution >= 4 is 27.5 Å². The zero-order chi connectivity index (χ0) is 22.9. The highest BCUT2D eigenvalue weighted by atomic mass is 79.9. The second kappa shape index (κ2) is 9.35. The van der Waals surface area contributed by atoms with Crippen LogP contribution in [0.25, 0.3) is 0 Å². The fourth-order valence-corrected chi connectivity index (χ4v) is 5.26. The molecule has 0 aromatic heterocycles. The highest BCUT2D eigenvalue weighted by Gasteiger charge is 2.42. The molecule has 32 heavy (non-hydrogen) atoms. The molecule has 0 fully saturated rings. The topological polar surface area (TPSA) is 43.4 Å². The second-order valence-corrected chi connectivity index (χ2v) is 10.8. The molecule has 2 aliphatic rings. The van der Waals surface area contributed by atoms with E-state index in [-0.39, 0.29) is 29.3 Å². The van der Waals surface area contributed by atoms with Gasteiger partial charge in [0, 0.05) is 46.4 Å². The minimum atomic E-state index is -0.272. The number of benzene rings is 2. The highest BCUT2D eigenvalue weighted by molar-refractivity contribution is 9.10. The normalized spacial score (nSPS) is 19.2. The van der Waals surface area contributed by atoms with Gasteiger partial charge in [0.05, 0.1) is 0 Å². The van der Waals surface area contributed by atoms with E-state index in [4.69, 9.17) is 4.74 Å². The van der Waals surface area contributed by atoms with Crippen LogP contribution >= 0.6 is 15.9 Å². The molecule has 1 aliphatic carbocycles. The standard InChI is InChI=1S/C28H31BrO3/c1-4-5-6-7-18-8-10-19(11-9-18)23(30)15-22-21-14-20(29)12-13-25(21)32-26-17-28(2,3)16-24(31)27(22)26/h8-14,22H,4-7,15-17H2,1-3H3. The summed E-state index contributed by atoms with van der Waals surface area (Å²) in [5.41, 5.74) is 3.45. The number of carbonyl (C=O) groups excluding carboxylic acids is 2. The van der Waals surface area contributed by atoms with Crippen molar-refractivity contribution in [3.05, 3.63) is 75.0 Å². The number of allylic oxidation sites excluding steroid dienone is 2. The van der Waals surface area contributed by atoms with Crippen LogP contribution in [0.15, 0.2) is 58.3 Å². The number of aryl methyl sites for hydroxylation is 1. The number of halogens is 1. The van der Waals surface area contributed by atoms with E-state index in [1.807, 2.05) is 30.3 Å². The third-order valence-corrected chi connectivity index (χ3v) is 7.04. The summed E-state index contributed by atoms with van der Waals surface area (Å²) in [6, 6.07) is 13.9. The van der Waals surface area contributed by atoms with Crippen molar-refractivity contribution in [2.75, 3.05) is 0 Å². The maximum absolute atomic E-state index is 13.3. The van der Waals surface area contributed by atoms with Crippen molar-refractivity contribution < 1.29 is 14.3 Å². The molecule has 1 atom stereocenters. The molecule has 0 amide bonds. The Hall–Kier alpha value is -2.20. The average molecular weight is 495 g/mol. The van der Waals surface area contributed by atoms with Crippen LogP contribution in [0.5, 0.6) is 5.75 Å². The zero-order valence-electron chi connectivity index (χ0n) is 19.2. The Morgan fingerprint density at radius 1 is 1.09 bits per heavy atom. The molecule has 2 aromatic carbocycles. The van der Waals surface area contributed by atoms with Crippen LogP contribution in [0.2, 0.25) is 0 Å². The van der Waals surface area contributed by atoms with Gasteiger partial charge < -0.3 is 4.74 Å². The Bertz CT molecular complexity index is 1060. The van der Waals surface area contributed by atoms with E-state index < -0.39 is 0 Å². The molecule has 4 heteroatoms. The molecule has 1 unspecified atom stereocenters. The van der Waals surface area contributed by atoms with E-state index in [1.165, 1.54) is 24.8 Å². The number of rotatable bonds is 7. The van der Waals surface area contributed by atoms with Gasteiger partial charge in [0.2, 0.25) is 0 Å². The van der Waals surface area contributed by atoms with Gasteiger partial charge in [-0.15, -0.1) is 0 Å². The van der Waals surface area contributed by atoms with Gasteiger partial charge >= 0.3 is 0 Å². The molecule has 4 rings (SSSR count). The summed E-state index contributed by atoms with van der Waals surface area (Å²) < 4.78 is 7.12. The van der Waals surface area contributed by atoms with Gasteiger partial charge in [-0.2, -0.15) is 0 Å². The Morgan fingerprint density at radius 3 is 2.56 bits per heavy atom. The summed E-state index contributed by atoms with van der Waals surface area (Å²) in [5, 5.41) is 0. The lowest BCUT2D eigenvalue weighted by molar-refractivity contribution is -0.118. The summed E-state index contributed by atoms with van der Waals surface area (Å²) >= 11 is 3.54. The van der Waals surface area contributed by atoms with Crippen LogP contribution in [-0.4, -0.2) is 11.6 Å². The van der Waals surface area contributed by atoms with E-state index in [9.17, 15) is 9.59 Å². The van der Waals surface area contributed by atoms with Gasteiger partial charge in [0.25, 0.3) is 0 Å². The average Bonchev–Trinajstić information content (AvgIpc) is 2.73. The molecular weight excluding hydrogens is 464 g/mol. The molecule has 1 heterocycles. The van der Waals surface area contributed by atoms with E-state index >= 15 is 0 Å². The van der Waals surface area contributed by atoms with Crippen LogP contribution in [-0.2, 0) is 11.2 Å². The summed E-state index contributed by atoms with van der Waals surface area (Å²) in [7, 11) is 0. The predicted molar refractivity (Wildman–Crippen MR) is 131 cm³/mol. The molecule has 0 saturated heterocycles. The Morgan fingerprint density at radius 2 is 1.84 bits per heavy atom. The van der Waals surface area contributed by atoms with Crippen LogP contribution in [0.4, 0.5) is 0 Å². The maximum atomic E-state index is 13.3. The monoisotopic (exact) mass is 494 g/mol. The van der Waals surface area contributed by atoms with Gasteiger partial charge in [-0.3, -0.25) is 9.59 Å². The largest absolute Gasteiger partial charge is 0.461 e. The molecule has 168 valence electrons. The number of hydrogen-bond donors (Lipinski definition) is 0. The maximum Gasteiger partial charge on any atom is 0.163 e. The SMILES string of the molecule is CCCCCc1ccc(C(=O)CC2C3=C(CC(C)(C)CC3=O)Oc3ccc(Br)cc32)cc1. The summed E-state index contributed by atoms with van der Waals surface area (Å²) in [6.45, 7) is 6.39. The molecule has 2 aromatic rings. The summed E-state index contributed by atoms with van der Waals surface area (Å²) in [6.07, 6.45) is 6.11. The van der Waals surface area contributed by atoms with Gasteiger partial charge in [-0.1, -0.05) is 73.8 Å². The van der Waals surface area contributed by atoms with Gasteiger partial charge in [-0.25, -0.2) is 0 Å². The lowest BCUT2D eigenvalue weighted by atomic mass is 9.70. The van der Waals surface area contributed by atoms with E-state index in [0.717, 1.165) is 28.0 Å². The van der Waals surface area contributed by atoms with Gasteiger partial charge in [-0.05, 0) is 42.0 Å². The lowest BCUT2D eigenvalue weighted by Gasteiger charge is -2.38. The van der Waals surface area contributed by atoms with Gasteiger partial charge in [0.1, 0.15) is 11.5 Å². The first-order valence-corrected chi connectivity index (χ1v) is 12.4. The number of ether oxygens (including phenoxy) is 1. The van der Waals surface area contributed by atoms with Gasteiger partial charge in [0.15, 0.2) is 11.6 Å². The number of ketones is 2. The van der Waals surface area contributed by atoms with E-state index in [1.54, 1.807) is 0 Å². The van der Waals surface area contributed by atoms with Crippen molar-refractivity contribution in [2.24, 2.45) is 5.41 Å². The second-order valence-electron chi connectivity index (χ2n) is 9.90.